The molecule has 0 bridgehead atoms. The summed E-state index contributed by atoms with van der Waals surface area (Å²) in [6.07, 6.45) is 4.19. The van der Waals surface area contributed by atoms with Gasteiger partial charge in [0, 0.05) is 41.7 Å². The van der Waals surface area contributed by atoms with E-state index in [0.717, 1.165) is 12.8 Å². The fourth-order valence-electron chi connectivity index (χ4n) is 8.71. The van der Waals surface area contributed by atoms with E-state index in [9.17, 15) is 19.8 Å². The molecule has 1 aliphatic heterocycles. The summed E-state index contributed by atoms with van der Waals surface area (Å²) in [4.78, 5) is 48.4. The number of likely N-dealkylation sites (N-methyl/N-ethyl adjacent to an activating group) is 1. The van der Waals surface area contributed by atoms with Crippen LogP contribution in [0.3, 0.4) is 0 Å². The molecule has 14 heteroatoms. The molecule has 300 valence electrons. The first-order valence-electron chi connectivity index (χ1n) is 19.4. The number of halogens is 1. The Morgan fingerprint density at radius 1 is 1.13 bits per heavy atom. The number of benzene rings is 1. The quantitative estimate of drug-likeness (QED) is 0.171. The molecular formula is C41H55FN4O9. The van der Waals surface area contributed by atoms with Crippen molar-refractivity contribution in [3.8, 4) is 11.6 Å². The van der Waals surface area contributed by atoms with Gasteiger partial charge in [-0.2, -0.15) is 0 Å². The molecule has 2 aromatic rings. The minimum Gasteiger partial charge on any atom is -0.508 e. The molecule has 2 heterocycles. The molecule has 0 spiro atoms. The number of unbranched alkanes of at least 4 members (excludes halogenated alkanes) is 2. The molecule has 4 aliphatic rings. The summed E-state index contributed by atoms with van der Waals surface area (Å²) in [7, 11) is 5.43. The van der Waals surface area contributed by atoms with Crippen molar-refractivity contribution < 1.29 is 47.7 Å². The Balaban J connectivity index is 1.57. The zero-order valence-electron chi connectivity index (χ0n) is 33.3. The second-order valence-corrected chi connectivity index (χ2v) is 16.4. The predicted molar refractivity (Wildman–Crippen MR) is 202 cm³/mol. The summed E-state index contributed by atoms with van der Waals surface area (Å²) in [5, 5.41) is 28.9. The Hall–Kier alpha value is -4.27. The van der Waals surface area contributed by atoms with Gasteiger partial charge in [0.25, 0.3) is 5.88 Å². The monoisotopic (exact) mass is 766 g/mol. The third-order valence-electron chi connectivity index (χ3n) is 11.3. The number of aliphatic hydroxyl groups excluding tert-OH is 1. The van der Waals surface area contributed by atoms with E-state index in [1.54, 1.807) is 33.9 Å². The van der Waals surface area contributed by atoms with Crippen molar-refractivity contribution in [3.63, 3.8) is 0 Å². The molecule has 13 nitrogen and oxygen atoms in total. The molecule has 55 heavy (non-hydrogen) atoms. The molecule has 2 N–H and O–H groups in total. The molecule has 0 fully saturated rings. The van der Waals surface area contributed by atoms with E-state index in [-0.39, 0.29) is 83.5 Å². The fourth-order valence-corrected chi connectivity index (χ4v) is 8.71. The van der Waals surface area contributed by atoms with Crippen molar-refractivity contribution in [2.24, 2.45) is 11.8 Å². The number of hydrogen-bond acceptors (Lipinski definition) is 12. The van der Waals surface area contributed by atoms with Crippen LogP contribution in [0, 0.1) is 17.7 Å². The van der Waals surface area contributed by atoms with Crippen molar-refractivity contribution >= 4 is 23.3 Å². The second-order valence-electron chi connectivity index (χ2n) is 16.4. The van der Waals surface area contributed by atoms with Crippen molar-refractivity contribution in [2.45, 2.75) is 103 Å². The fraction of sp³-hybridized carbons (Fsp3) is 0.610. The van der Waals surface area contributed by atoms with Gasteiger partial charge in [-0.15, -0.1) is 6.58 Å². The van der Waals surface area contributed by atoms with E-state index in [0.29, 0.717) is 25.8 Å². The van der Waals surface area contributed by atoms with E-state index in [2.05, 4.69) is 11.7 Å². The number of rotatable bonds is 12. The molecule has 1 unspecified atom stereocenters. The molecule has 0 saturated carbocycles. The average Bonchev–Trinajstić information content (AvgIpc) is 3.53. The van der Waals surface area contributed by atoms with E-state index in [1.807, 2.05) is 37.7 Å². The van der Waals surface area contributed by atoms with Gasteiger partial charge < -0.3 is 33.8 Å². The maximum absolute atomic E-state index is 17.5. The first kappa shape index (κ1) is 40.4. The Morgan fingerprint density at radius 3 is 2.42 bits per heavy atom. The zero-order valence-corrected chi connectivity index (χ0v) is 33.3. The summed E-state index contributed by atoms with van der Waals surface area (Å²) >= 11 is 0. The summed E-state index contributed by atoms with van der Waals surface area (Å²) in [6, 6.07) is -1.26. The lowest BCUT2D eigenvalue weighted by Gasteiger charge is -2.50. The molecule has 5 atom stereocenters. The van der Waals surface area contributed by atoms with Crippen molar-refractivity contribution in [1.82, 2.24) is 15.0 Å². The normalized spacial score (nSPS) is 24.6. The van der Waals surface area contributed by atoms with Gasteiger partial charge in [-0.05, 0) is 85.1 Å². The molecule has 0 radical (unpaired) electrons. The number of carbonyl (C=O) groups is 3. The summed E-state index contributed by atoms with van der Waals surface area (Å²) in [5.74, 6) is -4.83. The number of carbonyl (C=O) groups excluding carboxylic acids is 3. The lowest BCUT2D eigenvalue weighted by Crippen LogP contribution is -2.59. The lowest BCUT2D eigenvalue weighted by atomic mass is 9.58. The first-order chi connectivity index (χ1) is 26.0. The molecule has 6 rings (SSSR count). The van der Waals surface area contributed by atoms with Crippen LogP contribution in [0.2, 0.25) is 0 Å². The maximum Gasteiger partial charge on any atom is 0.414 e. The maximum atomic E-state index is 17.5. The van der Waals surface area contributed by atoms with Crippen LogP contribution in [0.4, 0.5) is 14.9 Å². The highest BCUT2D eigenvalue weighted by molar-refractivity contribution is 6.17. The lowest BCUT2D eigenvalue weighted by molar-refractivity contribution is -0.0579. The van der Waals surface area contributed by atoms with Crippen LogP contribution in [-0.4, -0.2) is 101 Å². The molecular weight excluding hydrogens is 711 g/mol. The highest BCUT2D eigenvalue weighted by atomic mass is 19.1. The number of Topliss-reactive ketones (excluding diaryl/α,β-unsaturated/α-hetero) is 2. The Labute approximate surface area is 322 Å². The van der Waals surface area contributed by atoms with Gasteiger partial charge in [-0.1, -0.05) is 32.8 Å². The zero-order chi connectivity index (χ0) is 40.1. The number of fused-ring (bicyclic) bond motifs is 5. The molecule has 3 aliphatic carbocycles. The summed E-state index contributed by atoms with van der Waals surface area (Å²) in [5.41, 5.74) is -3.44. The van der Waals surface area contributed by atoms with Gasteiger partial charge in [0.05, 0.1) is 30.5 Å². The molecule has 1 aromatic heterocycles. The van der Waals surface area contributed by atoms with E-state index in [4.69, 9.17) is 18.7 Å². The number of allylic oxidation sites excluding steroid dienone is 1. The van der Waals surface area contributed by atoms with Crippen molar-refractivity contribution in [3.05, 3.63) is 57.8 Å². The van der Waals surface area contributed by atoms with E-state index >= 15 is 9.18 Å². The smallest absolute Gasteiger partial charge is 0.414 e. The van der Waals surface area contributed by atoms with Gasteiger partial charge in [0.1, 0.15) is 22.7 Å². The number of aromatic nitrogens is 1. The Kier molecular flexibility index (Phi) is 11.3. The van der Waals surface area contributed by atoms with Gasteiger partial charge in [-0.25, -0.2) is 9.18 Å². The second kappa shape index (κ2) is 15.3. The molecule has 1 amide bonds. The van der Waals surface area contributed by atoms with Crippen LogP contribution in [0.15, 0.2) is 28.5 Å². The molecule has 0 saturated heterocycles. The van der Waals surface area contributed by atoms with E-state index < -0.39 is 64.4 Å². The van der Waals surface area contributed by atoms with Gasteiger partial charge in [0.15, 0.2) is 22.9 Å². The van der Waals surface area contributed by atoms with Gasteiger partial charge >= 0.3 is 6.09 Å². The van der Waals surface area contributed by atoms with Gasteiger partial charge in [-0.3, -0.25) is 19.4 Å². The first-order valence-corrected chi connectivity index (χ1v) is 19.4. The minimum atomic E-state index is -2.57. The number of ether oxygens (including phenoxy) is 3. The number of nitrogens with zero attached hydrogens (tertiary/aromatic N) is 4. The average molecular weight is 767 g/mol. The highest BCUT2D eigenvalue weighted by Gasteiger charge is 2.64. The van der Waals surface area contributed by atoms with Crippen LogP contribution < -0.4 is 14.4 Å². The number of amides is 1. The van der Waals surface area contributed by atoms with E-state index in [1.165, 1.54) is 4.90 Å². The topological polar surface area (TPSA) is 155 Å². The SMILES string of the molecule is C=CCN(C)[C@@H]1c2onc(OCCCC)c2C(=O)[C@@]2(O)C(O)=C3C(=O)c4c(c(F)c5c(c4OCCCC)N(C(=O)OC(C)(C)C)CCC5N(C)C)C[C@H]3C[C@@H]12. The van der Waals surface area contributed by atoms with Crippen LogP contribution >= 0.6 is 0 Å². The number of ketones is 2. The van der Waals surface area contributed by atoms with Crippen molar-refractivity contribution in [1.29, 1.82) is 0 Å². The number of aliphatic hydroxyl groups is 2. The standard InChI is InChI=1S/C41H55FN4O9/c1-10-13-18-52-34-27-23(30(42)28-25(44(7)8)15-17-46(32(28)34)39(50)54-40(4,5)6)20-22-21-24-31(45(9)16-12-3)35-29(38(43-55-35)53-19-14-11-2)37(49)41(24,51)36(48)26(22)33(27)47/h12,22,24-25,31,48,51H,3,10-11,13-21H2,1-2,4-9H3/t22-,24-,25?,31-,41-/m0/s1. The van der Waals surface area contributed by atoms with Crippen molar-refractivity contribution in [2.75, 3.05) is 52.3 Å². The Bertz CT molecular complexity index is 1900. The highest BCUT2D eigenvalue weighted by Crippen LogP contribution is 2.58. The minimum absolute atomic E-state index is 0.0154. The number of anilines is 1. The molecule has 1 aromatic carbocycles. The summed E-state index contributed by atoms with van der Waals surface area (Å²) < 4.78 is 41.3. The van der Waals surface area contributed by atoms with Gasteiger partial charge in [0.2, 0.25) is 5.78 Å². The van der Waals surface area contributed by atoms with Crippen LogP contribution in [0.5, 0.6) is 11.6 Å². The Morgan fingerprint density at radius 2 is 1.80 bits per heavy atom. The summed E-state index contributed by atoms with van der Waals surface area (Å²) in [6.45, 7) is 13.9. The third-order valence-corrected chi connectivity index (χ3v) is 11.3. The predicted octanol–water partition coefficient (Wildman–Crippen LogP) is 6.89. The largest absolute Gasteiger partial charge is 0.508 e. The third kappa shape index (κ3) is 6.73. The van der Waals surface area contributed by atoms with Crippen LogP contribution in [0.1, 0.15) is 123 Å². The number of hydrogen-bond donors (Lipinski definition) is 2. The van der Waals surface area contributed by atoms with Crippen LogP contribution in [0.25, 0.3) is 0 Å². The van der Waals surface area contributed by atoms with Crippen LogP contribution in [-0.2, 0) is 11.2 Å².